The highest BCUT2D eigenvalue weighted by Crippen LogP contribution is 2.31. The summed E-state index contributed by atoms with van der Waals surface area (Å²) >= 11 is 9.00. The Balaban J connectivity index is 1.55. The summed E-state index contributed by atoms with van der Waals surface area (Å²) in [5.41, 5.74) is 1.51. The minimum atomic E-state index is -3.77. The average Bonchev–Trinajstić information content (AvgIpc) is 3.35. The third kappa shape index (κ3) is 4.15. The van der Waals surface area contributed by atoms with Gasteiger partial charge in [-0.05, 0) is 61.6 Å². The molecule has 0 bridgehead atoms. The second-order valence-corrected chi connectivity index (χ2v) is 11.0. The number of benzene rings is 2. The Morgan fingerprint density at radius 3 is 2.76 bits per heavy atom. The van der Waals surface area contributed by atoms with E-state index in [1.807, 2.05) is 18.4 Å². The fraction of sp³-hybridized carbons (Fsp3) is 0.263. The third-order valence-corrected chi connectivity index (χ3v) is 8.92. The van der Waals surface area contributed by atoms with Gasteiger partial charge in [-0.1, -0.05) is 23.4 Å². The number of thiazole rings is 1. The van der Waals surface area contributed by atoms with Gasteiger partial charge in [-0.15, -0.1) is 11.3 Å². The van der Waals surface area contributed by atoms with Gasteiger partial charge in [-0.2, -0.15) is 4.31 Å². The molecule has 0 radical (unpaired) electrons. The molecule has 1 unspecified atom stereocenters. The van der Waals surface area contributed by atoms with Crippen LogP contribution in [0.1, 0.15) is 12.8 Å². The maximum atomic E-state index is 13.0. The van der Waals surface area contributed by atoms with Gasteiger partial charge in [-0.3, -0.25) is 4.79 Å². The summed E-state index contributed by atoms with van der Waals surface area (Å²) in [7, 11) is -3.77. The van der Waals surface area contributed by atoms with Crippen molar-refractivity contribution in [2.24, 2.45) is 0 Å². The standard InChI is InChI=1S/C19H18ClN3O3S3/c1-27-19-22-15-9-6-13(11-17(15)28-19)21-18(24)16-3-2-10-23(16)29(25,26)14-7-4-12(20)5-8-14/h4-9,11,16H,2-3,10H2,1H3,(H,21,24). The van der Waals surface area contributed by atoms with Crippen LogP contribution in [0.25, 0.3) is 10.2 Å². The molecule has 10 heteroatoms. The predicted octanol–water partition coefficient (Wildman–Crippen LogP) is 4.46. The quantitative estimate of drug-likeness (QED) is 0.560. The molecule has 29 heavy (non-hydrogen) atoms. The van der Waals surface area contributed by atoms with Crippen LogP contribution in [0.5, 0.6) is 0 Å². The van der Waals surface area contributed by atoms with Crippen LogP contribution in [0, 0.1) is 0 Å². The molecular weight excluding hydrogens is 450 g/mol. The topological polar surface area (TPSA) is 79.4 Å². The van der Waals surface area contributed by atoms with E-state index in [2.05, 4.69) is 10.3 Å². The van der Waals surface area contributed by atoms with Gasteiger partial charge in [0.05, 0.1) is 15.1 Å². The van der Waals surface area contributed by atoms with Gasteiger partial charge in [0, 0.05) is 17.3 Å². The first-order valence-corrected chi connectivity index (χ1v) is 12.8. The summed E-state index contributed by atoms with van der Waals surface area (Å²) in [5.74, 6) is -0.325. The summed E-state index contributed by atoms with van der Waals surface area (Å²) in [6.45, 7) is 0.314. The van der Waals surface area contributed by atoms with Gasteiger partial charge >= 0.3 is 0 Å². The van der Waals surface area contributed by atoms with Crippen molar-refractivity contribution in [1.29, 1.82) is 0 Å². The number of hydrogen-bond acceptors (Lipinski definition) is 6. The van der Waals surface area contributed by atoms with Crippen LogP contribution < -0.4 is 5.32 Å². The molecular formula is C19H18ClN3O3S3. The molecule has 1 amide bonds. The molecule has 6 nitrogen and oxygen atoms in total. The maximum Gasteiger partial charge on any atom is 0.243 e. The number of aromatic nitrogens is 1. The van der Waals surface area contributed by atoms with E-state index in [4.69, 9.17) is 11.6 Å². The van der Waals surface area contributed by atoms with E-state index in [0.29, 0.717) is 30.1 Å². The Morgan fingerprint density at radius 2 is 2.03 bits per heavy atom. The van der Waals surface area contributed by atoms with Crippen molar-refractivity contribution in [1.82, 2.24) is 9.29 Å². The van der Waals surface area contributed by atoms with Crippen molar-refractivity contribution in [3.8, 4) is 0 Å². The van der Waals surface area contributed by atoms with Crippen LogP contribution in [0.4, 0.5) is 5.69 Å². The molecule has 3 aromatic rings. The number of thioether (sulfide) groups is 1. The SMILES string of the molecule is CSc1nc2ccc(NC(=O)C3CCCN3S(=O)(=O)c3ccc(Cl)cc3)cc2s1. The van der Waals surface area contributed by atoms with Gasteiger partial charge < -0.3 is 5.32 Å². The first-order chi connectivity index (χ1) is 13.9. The summed E-state index contributed by atoms with van der Waals surface area (Å²) < 4.78 is 29.2. The lowest BCUT2D eigenvalue weighted by molar-refractivity contribution is -0.119. The predicted molar refractivity (Wildman–Crippen MR) is 118 cm³/mol. The molecule has 0 aliphatic carbocycles. The molecule has 152 valence electrons. The monoisotopic (exact) mass is 467 g/mol. The first kappa shape index (κ1) is 20.6. The molecule has 1 aromatic heterocycles. The number of nitrogens with one attached hydrogen (secondary N) is 1. The zero-order valence-electron chi connectivity index (χ0n) is 15.5. The number of nitrogens with zero attached hydrogens (tertiary/aromatic N) is 2. The average molecular weight is 468 g/mol. The third-order valence-electron chi connectivity index (χ3n) is 4.74. The molecule has 1 fully saturated rings. The summed E-state index contributed by atoms with van der Waals surface area (Å²) in [5, 5.41) is 3.33. The van der Waals surface area contributed by atoms with Crippen molar-refractivity contribution in [3.63, 3.8) is 0 Å². The zero-order chi connectivity index (χ0) is 20.6. The Kier molecular flexibility index (Phi) is 5.85. The zero-order valence-corrected chi connectivity index (χ0v) is 18.7. The van der Waals surface area contributed by atoms with E-state index in [9.17, 15) is 13.2 Å². The summed E-state index contributed by atoms with van der Waals surface area (Å²) in [6.07, 6.45) is 3.09. The number of sulfonamides is 1. The lowest BCUT2D eigenvalue weighted by atomic mass is 10.2. The number of fused-ring (bicyclic) bond motifs is 1. The molecule has 1 aliphatic rings. The lowest BCUT2D eigenvalue weighted by Crippen LogP contribution is -2.43. The Hall–Kier alpha value is -1.65. The van der Waals surface area contributed by atoms with Gasteiger partial charge in [0.2, 0.25) is 15.9 Å². The van der Waals surface area contributed by atoms with Crippen LogP contribution in [-0.4, -0.2) is 42.5 Å². The summed E-state index contributed by atoms with van der Waals surface area (Å²) in [4.78, 5) is 17.5. The second-order valence-electron chi connectivity index (χ2n) is 6.58. The van der Waals surface area contributed by atoms with Crippen LogP contribution in [0.3, 0.4) is 0 Å². The number of halogens is 1. The van der Waals surface area contributed by atoms with E-state index in [-0.39, 0.29) is 10.8 Å². The van der Waals surface area contributed by atoms with Crippen LogP contribution in [0.2, 0.25) is 5.02 Å². The maximum absolute atomic E-state index is 13.0. The van der Waals surface area contributed by atoms with E-state index in [1.165, 1.54) is 28.6 Å². The van der Waals surface area contributed by atoms with Gasteiger partial charge in [0.25, 0.3) is 0 Å². The Labute approximate surface area is 182 Å². The smallest absolute Gasteiger partial charge is 0.243 e. The number of hydrogen-bond donors (Lipinski definition) is 1. The van der Waals surface area contributed by atoms with Crippen molar-refractivity contribution in [2.45, 2.75) is 28.1 Å². The van der Waals surface area contributed by atoms with Gasteiger partial charge in [0.15, 0.2) is 4.34 Å². The number of carbonyl (C=O) groups is 1. The Morgan fingerprint density at radius 1 is 1.28 bits per heavy atom. The Bertz CT molecular complexity index is 1160. The number of amides is 1. The molecule has 0 saturated carbocycles. The normalized spacial score (nSPS) is 17.7. The molecule has 0 spiro atoms. The highest BCUT2D eigenvalue weighted by atomic mass is 35.5. The minimum absolute atomic E-state index is 0.136. The number of anilines is 1. The molecule has 2 aromatic carbocycles. The number of rotatable bonds is 5. The highest BCUT2D eigenvalue weighted by Gasteiger charge is 2.39. The van der Waals surface area contributed by atoms with E-state index >= 15 is 0 Å². The molecule has 1 N–H and O–H groups in total. The molecule has 2 heterocycles. The molecule has 4 rings (SSSR count). The molecule has 1 aliphatic heterocycles. The summed E-state index contributed by atoms with van der Waals surface area (Å²) in [6, 6.07) is 10.8. The fourth-order valence-electron chi connectivity index (χ4n) is 3.33. The van der Waals surface area contributed by atoms with Crippen LogP contribution >= 0.6 is 34.7 Å². The number of carbonyl (C=O) groups excluding carboxylic acids is 1. The molecule has 1 atom stereocenters. The lowest BCUT2D eigenvalue weighted by Gasteiger charge is -2.23. The molecule has 1 saturated heterocycles. The van der Waals surface area contributed by atoms with Gasteiger partial charge in [0.1, 0.15) is 6.04 Å². The van der Waals surface area contributed by atoms with Crippen molar-refractivity contribution < 1.29 is 13.2 Å². The minimum Gasteiger partial charge on any atom is -0.325 e. The van der Waals surface area contributed by atoms with Crippen molar-refractivity contribution in [3.05, 3.63) is 47.5 Å². The van der Waals surface area contributed by atoms with Crippen LogP contribution in [-0.2, 0) is 14.8 Å². The second kappa shape index (κ2) is 8.23. The van der Waals surface area contributed by atoms with Crippen molar-refractivity contribution in [2.75, 3.05) is 18.1 Å². The van der Waals surface area contributed by atoms with Gasteiger partial charge in [-0.25, -0.2) is 13.4 Å². The largest absolute Gasteiger partial charge is 0.325 e. The van der Waals surface area contributed by atoms with Crippen molar-refractivity contribution >= 4 is 66.5 Å². The van der Waals surface area contributed by atoms with E-state index in [0.717, 1.165) is 14.6 Å². The van der Waals surface area contributed by atoms with E-state index < -0.39 is 16.1 Å². The first-order valence-electron chi connectivity index (χ1n) is 8.91. The fourth-order valence-corrected chi connectivity index (χ4v) is 6.64. The highest BCUT2D eigenvalue weighted by molar-refractivity contribution is 8.00. The van der Waals surface area contributed by atoms with E-state index in [1.54, 1.807) is 29.2 Å². The van der Waals surface area contributed by atoms with Crippen LogP contribution in [0.15, 0.2) is 51.7 Å².